The van der Waals surface area contributed by atoms with E-state index in [1.54, 1.807) is 30.3 Å². The van der Waals surface area contributed by atoms with E-state index in [1.165, 1.54) is 0 Å². The number of carboxylic acid groups (broad SMARTS) is 1. The first kappa shape index (κ1) is 11.9. The molecule has 0 saturated heterocycles. The molecular formula is C15H13NO2. The fourth-order valence-corrected chi connectivity index (χ4v) is 1.65. The molecule has 0 unspecified atom stereocenters. The van der Waals surface area contributed by atoms with Gasteiger partial charge in [-0.25, -0.2) is 4.79 Å². The van der Waals surface area contributed by atoms with E-state index >= 15 is 0 Å². The zero-order chi connectivity index (χ0) is 13.0. The molecule has 0 heterocycles. The third kappa shape index (κ3) is 2.77. The summed E-state index contributed by atoms with van der Waals surface area (Å²) >= 11 is 0. The number of aliphatic carboxylic acids is 1. The minimum atomic E-state index is -0.955. The molecule has 18 heavy (non-hydrogen) atoms. The number of rotatable bonds is 3. The van der Waals surface area contributed by atoms with E-state index in [0.29, 0.717) is 11.3 Å². The molecule has 0 aliphatic carbocycles. The molecule has 0 aliphatic rings. The number of carbonyl (C=O) groups is 1. The van der Waals surface area contributed by atoms with E-state index in [0.717, 1.165) is 5.56 Å². The lowest BCUT2D eigenvalue weighted by Gasteiger charge is -2.03. The lowest BCUT2D eigenvalue weighted by atomic mass is 10.0. The molecule has 3 heteroatoms. The van der Waals surface area contributed by atoms with E-state index in [2.05, 4.69) is 0 Å². The summed E-state index contributed by atoms with van der Waals surface area (Å²) in [4.78, 5) is 11.3. The molecule has 0 radical (unpaired) electrons. The Labute approximate surface area is 105 Å². The van der Waals surface area contributed by atoms with Gasteiger partial charge in [-0.2, -0.15) is 0 Å². The largest absolute Gasteiger partial charge is 0.478 e. The number of hydrogen-bond acceptors (Lipinski definition) is 2. The minimum absolute atomic E-state index is 0.251. The van der Waals surface area contributed by atoms with E-state index in [1.807, 2.05) is 30.3 Å². The highest BCUT2D eigenvalue weighted by molar-refractivity contribution is 6.20. The van der Waals surface area contributed by atoms with Crippen LogP contribution in [0.15, 0.2) is 54.6 Å². The van der Waals surface area contributed by atoms with Gasteiger partial charge in [-0.15, -0.1) is 0 Å². The first-order chi connectivity index (χ1) is 8.66. The van der Waals surface area contributed by atoms with Crippen molar-refractivity contribution in [3.05, 3.63) is 65.7 Å². The lowest BCUT2D eigenvalue weighted by molar-refractivity contribution is -0.130. The maximum Gasteiger partial charge on any atom is 0.336 e. The number of nitrogen functional groups attached to an aromatic ring is 1. The fraction of sp³-hybridized carbons (Fsp3) is 0. The second-order valence-corrected chi connectivity index (χ2v) is 3.90. The van der Waals surface area contributed by atoms with Crippen molar-refractivity contribution in [3.63, 3.8) is 0 Å². The fourth-order valence-electron chi connectivity index (χ4n) is 1.65. The van der Waals surface area contributed by atoms with Gasteiger partial charge in [-0.3, -0.25) is 0 Å². The molecular weight excluding hydrogens is 226 g/mol. The average Bonchev–Trinajstić information content (AvgIpc) is 2.38. The number of hydrogen-bond donors (Lipinski definition) is 2. The molecule has 2 aromatic rings. The van der Waals surface area contributed by atoms with Gasteiger partial charge in [-0.1, -0.05) is 42.5 Å². The Bertz CT molecular complexity index is 571. The molecule has 90 valence electrons. The quantitative estimate of drug-likeness (QED) is 0.491. The average molecular weight is 239 g/mol. The zero-order valence-corrected chi connectivity index (χ0v) is 9.71. The minimum Gasteiger partial charge on any atom is -0.478 e. The Hall–Kier alpha value is -2.55. The van der Waals surface area contributed by atoms with Crippen LogP contribution in [0.25, 0.3) is 11.6 Å². The van der Waals surface area contributed by atoms with Gasteiger partial charge in [0.05, 0.1) is 5.57 Å². The van der Waals surface area contributed by atoms with Gasteiger partial charge >= 0.3 is 5.97 Å². The van der Waals surface area contributed by atoms with E-state index in [9.17, 15) is 9.90 Å². The van der Waals surface area contributed by atoms with Crippen molar-refractivity contribution in [3.8, 4) is 0 Å². The van der Waals surface area contributed by atoms with Crippen LogP contribution in [-0.4, -0.2) is 11.1 Å². The highest BCUT2D eigenvalue weighted by Crippen LogP contribution is 2.19. The van der Waals surface area contributed by atoms with Crippen LogP contribution in [0.2, 0.25) is 0 Å². The first-order valence-corrected chi connectivity index (χ1v) is 5.53. The second kappa shape index (κ2) is 5.19. The van der Waals surface area contributed by atoms with Gasteiger partial charge in [-0.05, 0) is 29.3 Å². The summed E-state index contributed by atoms with van der Waals surface area (Å²) in [5, 5.41) is 9.26. The number of anilines is 1. The van der Waals surface area contributed by atoms with Gasteiger partial charge in [0.15, 0.2) is 0 Å². The maximum atomic E-state index is 11.3. The molecule has 0 aromatic heterocycles. The second-order valence-electron chi connectivity index (χ2n) is 3.90. The van der Waals surface area contributed by atoms with Gasteiger partial charge in [0, 0.05) is 5.69 Å². The van der Waals surface area contributed by atoms with Crippen LogP contribution in [0.3, 0.4) is 0 Å². The van der Waals surface area contributed by atoms with Crippen molar-refractivity contribution in [1.29, 1.82) is 0 Å². The van der Waals surface area contributed by atoms with Crippen LogP contribution in [0.5, 0.6) is 0 Å². The third-order valence-corrected chi connectivity index (χ3v) is 2.56. The zero-order valence-electron chi connectivity index (χ0n) is 9.71. The van der Waals surface area contributed by atoms with Gasteiger partial charge in [0.25, 0.3) is 0 Å². The molecule has 0 spiro atoms. The predicted molar refractivity (Wildman–Crippen MR) is 72.8 cm³/mol. The molecule has 0 amide bonds. The van der Waals surface area contributed by atoms with Crippen LogP contribution in [0.1, 0.15) is 11.1 Å². The first-order valence-electron chi connectivity index (χ1n) is 5.53. The smallest absolute Gasteiger partial charge is 0.336 e. The third-order valence-electron chi connectivity index (χ3n) is 2.56. The summed E-state index contributed by atoms with van der Waals surface area (Å²) < 4.78 is 0. The van der Waals surface area contributed by atoms with Crippen LogP contribution in [0.4, 0.5) is 5.69 Å². The van der Waals surface area contributed by atoms with Crippen molar-refractivity contribution in [2.75, 3.05) is 5.73 Å². The molecule has 3 N–H and O–H groups in total. The Morgan fingerprint density at radius 1 is 1.00 bits per heavy atom. The molecule has 2 aromatic carbocycles. The predicted octanol–water partition coefficient (Wildman–Crippen LogP) is 2.89. The van der Waals surface area contributed by atoms with E-state index < -0.39 is 5.97 Å². The summed E-state index contributed by atoms with van der Waals surface area (Å²) in [7, 11) is 0. The molecule has 0 bridgehead atoms. The SMILES string of the molecule is Nc1ccc(C(=Cc2ccccc2)C(=O)O)cc1. The summed E-state index contributed by atoms with van der Waals surface area (Å²) in [5.41, 5.74) is 7.95. The molecule has 0 atom stereocenters. The maximum absolute atomic E-state index is 11.3. The van der Waals surface area contributed by atoms with Crippen LogP contribution < -0.4 is 5.73 Å². The van der Waals surface area contributed by atoms with Crippen LogP contribution in [0, 0.1) is 0 Å². The van der Waals surface area contributed by atoms with Crippen molar-refractivity contribution in [1.82, 2.24) is 0 Å². The summed E-state index contributed by atoms with van der Waals surface area (Å²) in [6, 6.07) is 16.1. The Morgan fingerprint density at radius 3 is 2.17 bits per heavy atom. The Kier molecular flexibility index (Phi) is 3.44. The summed E-state index contributed by atoms with van der Waals surface area (Å²) in [5.74, 6) is -0.955. The van der Waals surface area contributed by atoms with E-state index in [-0.39, 0.29) is 5.57 Å². The summed E-state index contributed by atoms with van der Waals surface area (Å²) in [6.45, 7) is 0. The van der Waals surface area contributed by atoms with Crippen molar-refractivity contribution in [2.45, 2.75) is 0 Å². The summed E-state index contributed by atoms with van der Waals surface area (Å²) in [6.07, 6.45) is 1.65. The normalized spacial score (nSPS) is 11.2. The van der Waals surface area contributed by atoms with E-state index in [4.69, 9.17) is 5.73 Å². The standard InChI is InChI=1S/C15H13NO2/c16-13-8-6-12(7-9-13)14(15(17)18)10-11-4-2-1-3-5-11/h1-10H,16H2,(H,17,18). The highest BCUT2D eigenvalue weighted by Gasteiger charge is 2.09. The topological polar surface area (TPSA) is 63.3 Å². The van der Waals surface area contributed by atoms with Crippen molar-refractivity contribution >= 4 is 23.3 Å². The van der Waals surface area contributed by atoms with Crippen molar-refractivity contribution < 1.29 is 9.90 Å². The number of carboxylic acids is 1. The molecule has 0 saturated carbocycles. The highest BCUT2D eigenvalue weighted by atomic mass is 16.4. The monoisotopic (exact) mass is 239 g/mol. The molecule has 0 fully saturated rings. The number of nitrogens with two attached hydrogens (primary N) is 1. The Balaban J connectivity index is 2.44. The van der Waals surface area contributed by atoms with Gasteiger partial charge in [0.1, 0.15) is 0 Å². The van der Waals surface area contributed by atoms with Crippen molar-refractivity contribution in [2.24, 2.45) is 0 Å². The van der Waals surface area contributed by atoms with Gasteiger partial charge < -0.3 is 10.8 Å². The lowest BCUT2D eigenvalue weighted by Crippen LogP contribution is -1.99. The van der Waals surface area contributed by atoms with Gasteiger partial charge in [0.2, 0.25) is 0 Å². The molecule has 2 rings (SSSR count). The van der Waals surface area contributed by atoms with Crippen LogP contribution >= 0.6 is 0 Å². The Morgan fingerprint density at radius 2 is 1.61 bits per heavy atom. The number of benzene rings is 2. The van der Waals surface area contributed by atoms with Crippen LogP contribution in [-0.2, 0) is 4.79 Å². The molecule has 0 aliphatic heterocycles. The molecule has 3 nitrogen and oxygen atoms in total.